The molecule has 1 aliphatic carbocycles. The summed E-state index contributed by atoms with van der Waals surface area (Å²) in [5, 5.41) is 0. The van der Waals surface area contributed by atoms with E-state index < -0.39 is 0 Å². The van der Waals surface area contributed by atoms with Crippen molar-refractivity contribution < 1.29 is 20.1 Å². The Morgan fingerprint density at radius 3 is 0.885 bits per heavy atom. The van der Waals surface area contributed by atoms with E-state index in [0.717, 1.165) is 57.0 Å². The second-order valence-corrected chi connectivity index (χ2v) is 43.2. The van der Waals surface area contributed by atoms with Crippen LogP contribution in [-0.2, 0) is 55.6 Å². The zero-order chi connectivity index (χ0) is 104. The van der Waals surface area contributed by atoms with E-state index in [0.29, 0.717) is 11.6 Å². The van der Waals surface area contributed by atoms with Crippen LogP contribution in [0.15, 0.2) is 340 Å². The molecule has 6 heteroatoms. The molecule has 1 aliphatic rings. The van der Waals surface area contributed by atoms with Crippen LogP contribution >= 0.6 is 0 Å². The van der Waals surface area contributed by atoms with Gasteiger partial charge in [0.25, 0.3) is 0 Å². The number of hydrogen-bond acceptors (Lipinski definition) is 5. The molecule has 0 saturated heterocycles. The van der Waals surface area contributed by atoms with E-state index in [1.165, 1.54) is 284 Å². The molecule has 0 fully saturated rings. The zero-order valence-corrected chi connectivity index (χ0v) is 95.1. The van der Waals surface area contributed by atoms with E-state index in [9.17, 15) is 0 Å². The molecule has 5 nitrogen and oxygen atoms in total. The number of benzene rings is 14. The summed E-state index contributed by atoms with van der Waals surface area (Å²) in [4.78, 5) is 23.4. The van der Waals surface area contributed by atoms with Gasteiger partial charge in [0, 0.05) is 49.2 Å². The molecule has 0 bridgehead atoms. The van der Waals surface area contributed by atoms with Gasteiger partial charge in [0.15, 0.2) is 17.5 Å². The summed E-state index contributed by atoms with van der Waals surface area (Å²) >= 11 is 0. The molecule has 0 aliphatic heterocycles. The van der Waals surface area contributed by atoms with Gasteiger partial charge >= 0.3 is 0 Å². The summed E-state index contributed by atoms with van der Waals surface area (Å²) in [6.45, 7) is 46.3. The summed E-state index contributed by atoms with van der Waals surface area (Å²) in [6.07, 6.45) is 31.3. The first-order valence-corrected chi connectivity index (χ1v) is 54.6. The Morgan fingerprint density at radius 2 is 0.547 bits per heavy atom. The van der Waals surface area contributed by atoms with Crippen molar-refractivity contribution in [1.82, 2.24) is 24.9 Å². The van der Waals surface area contributed by atoms with Gasteiger partial charge in [0.05, 0.1) is 5.41 Å². The number of fused-ring (bicyclic) bond motifs is 3. The Balaban J connectivity index is 0.000000170. The third-order valence-electron chi connectivity index (χ3n) is 29.2. The van der Waals surface area contributed by atoms with Crippen LogP contribution in [0.2, 0.25) is 0 Å². The first-order valence-electron chi connectivity index (χ1n) is 54.6. The Morgan fingerprint density at radius 1 is 0.243 bits per heavy atom. The molecule has 0 atom stereocenters. The molecule has 18 rings (SSSR count). The third kappa shape index (κ3) is 32.0. The van der Waals surface area contributed by atoms with Crippen LogP contribution in [0.25, 0.3) is 101 Å². The molecule has 0 N–H and O–H groups in total. The first-order chi connectivity index (χ1) is 71.0. The fourth-order valence-electron chi connectivity index (χ4n) is 19.6. The van der Waals surface area contributed by atoms with Crippen molar-refractivity contribution in [3.05, 3.63) is 469 Å². The molecule has 765 valence electrons. The molecule has 14 aromatic carbocycles. The standard InChI is InChI=1S/C39H46.C37H36N.C35H43N3.C11H8N.2C10H14.Ir/c1-5-7-9-11-13-31-17-21-33(22-18-31)39(34-23-19-32(20-24-34)14-12-10-8-6-2)37-27-29(3)15-25-35(37)36-26-16-30(4)28-38(36)39;1-36(2,3)33-17-13-26(14-18-33)30-23-31(27-15-19-34(20-16-27)37(4,5)6)25-32(24-30)28-10-9-11-29(22-28)35-12-7-8-21-38-35;1-4-5-6-7-8-9-10-11-12-13-14-29-19-25-32(26-20-29)35-37-33(30-21-15-27(2)16-22-30)36-34(38-35)31-23-17-28(3)18-24-31;1-2-6-10(7-3-1)11-8-4-5-9-12-11;2*1-7-5-9(3)10(4)6-8(7)2;/h15-28H,5-14H2,1-4H3;7-10,12-25H,1-6H3;15-26H,4-14H2,1-3H3;1-6,8-9H;2*5-6H,1-4H3;/q;-1;;-1;;;. The Bertz CT molecular complexity index is 6530. The average molecular weight is 2130 g/mol. The van der Waals surface area contributed by atoms with Gasteiger partial charge in [0.2, 0.25) is 0 Å². The van der Waals surface area contributed by atoms with Crippen LogP contribution in [0.1, 0.15) is 295 Å². The SMILES string of the molecule is CC(C)(C)c1ccc(-c2cc(-c3ccc(C(C)(C)C)cc3)cc(-c3cc[c-]c(-c4ccccn4)c3)c2)cc1.CCCCCCCCCCCCc1ccc(-c2nc(-c3ccc(C)cc3)nc(-c3ccc(C)cc3)n2)cc1.CCCCCCc1ccc(C2(c3ccc(CCCCCC)cc3)c3cc(C)ccc3-c3ccc(C)cc32)cc1.Cc1cc(C)c(C)cc1C.Cc1cc(C)c(C)cc1C.[Ir].[c-]1ccccc1-c1ccccn1. The maximum Gasteiger partial charge on any atom is 0.164 e. The number of nitrogens with zero attached hydrogens (tertiary/aromatic N) is 5. The van der Waals surface area contributed by atoms with E-state index in [-0.39, 0.29) is 36.4 Å². The number of aromatic nitrogens is 5. The van der Waals surface area contributed by atoms with Gasteiger partial charge in [-0.05, 0) is 308 Å². The maximum absolute atomic E-state index is 4.88. The largest absolute Gasteiger partial charge is 0.305 e. The molecule has 0 spiro atoms. The maximum atomic E-state index is 4.88. The molecular formula is C142H161IrN5-2. The summed E-state index contributed by atoms with van der Waals surface area (Å²) in [5.41, 5.74) is 45.7. The number of unbranched alkanes of at least 4 members (excludes halogenated alkanes) is 15. The van der Waals surface area contributed by atoms with E-state index in [1.807, 2.05) is 72.9 Å². The predicted molar refractivity (Wildman–Crippen MR) is 632 cm³/mol. The van der Waals surface area contributed by atoms with Crippen molar-refractivity contribution in [2.24, 2.45) is 0 Å². The van der Waals surface area contributed by atoms with E-state index >= 15 is 0 Å². The minimum atomic E-state index is -0.301. The molecular weight excluding hydrogens is 1970 g/mol. The smallest absolute Gasteiger partial charge is 0.164 e. The van der Waals surface area contributed by atoms with Crippen molar-refractivity contribution in [3.63, 3.8) is 0 Å². The molecule has 3 aromatic heterocycles. The van der Waals surface area contributed by atoms with Crippen molar-refractivity contribution in [3.8, 4) is 101 Å². The molecule has 0 saturated carbocycles. The van der Waals surface area contributed by atoms with Gasteiger partial charge in [0.1, 0.15) is 0 Å². The van der Waals surface area contributed by atoms with Crippen molar-refractivity contribution in [2.75, 3.05) is 0 Å². The summed E-state index contributed by atoms with van der Waals surface area (Å²) in [7, 11) is 0. The molecule has 0 amide bonds. The normalized spacial score (nSPS) is 11.6. The third-order valence-corrected chi connectivity index (χ3v) is 29.2. The number of pyridine rings is 2. The van der Waals surface area contributed by atoms with Gasteiger partial charge < -0.3 is 9.97 Å². The summed E-state index contributed by atoms with van der Waals surface area (Å²) < 4.78 is 0. The van der Waals surface area contributed by atoms with E-state index in [4.69, 9.17) is 15.0 Å². The van der Waals surface area contributed by atoms with E-state index in [1.54, 1.807) is 6.20 Å². The van der Waals surface area contributed by atoms with Gasteiger partial charge in [-0.3, -0.25) is 0 Å². The van der Waals surface area contributed by atoms with Crippen molar-refractivity contribution in [1.29, 1.82) is 0 Å². The van der Waals surface area contributed by atoms with Crippen LogP contribution in [0.3, 0.4) is 0 Å². The number of hydrogen-bond donors (Lipinski definition) is 0. The van der Waals surface area contributed by atoms with Gasteiger partial charge in [-0.25, -0.2) is 15.0 Å². The molecule has 148 heavy (non-hydrogen) atoms. The minimum absolute atomic E-state index is 0. The number of aryl methyl sites for hydroxylation is 15. The molecule has 17 aromatic rings. The Hall–Kier alpha value is -13.0. The Kier molecular flexibility index (Phi) is 43.0. The molecule has 0 unspecified atom stereocenters. The minimum Gasteiger partial charge on any atom is -0.305 e. The second-order valence-electron chi connectivity index (χ2n) is 43.2. The zero-order valence-electron chi connectivity index (χ0n) is 92.8. The number of rotatable bonds is 31. The van der Waals surface area contributed by atoms with Crippen LogP contribution in [0.4, 0.5) is 0 Å². The van der Waals surface area contributed by atoms with Crippen molar-refractivity contribution in [2.45, 2.75) is 296 Å². The Labute approximate surface area is 904 Å². The average Bonchev–Trinajstić information content (AvgIpc) is 1.53. The first kappa shape index (κ1) is 114. The summed E-state index contributed by atoms with van der Waals surface area (Å²) in [5.74, 6) is 2.14. The fourth-order valence-corrected chi connectivity index (χ4v) is 19.6. The molecule has 3 heterocycles. The molecule has 1 radical (unpaired) electrons. The van der Waals surface area contributed by atoms with Gasteiger partial charge in [-0.1, -0.05) is 436 Å². The fraction of sp³-hybridized carbons (Fsp3) is 0.317. The van der Waals surface area contributed by atoms with Gasteiger partial charge in [-0.2, -0.15) is 0 Å². The predicted octanol–water partition coefficient (Wildman–Crippen LogP) is 39.4. The van der Waals surface area contributed by atoms with Crippen molar-refractivity contribution >= 4 is 0 Å². The second kappa shape index (κ2) is 55.9. The monoisotopic (exact) mass is 2130 g/mol. The van der Waals surface area contributed by atoms with Crippen LogP contribution in [-0.4, -0.2) is 24.9 Å². The van der Waals surface area contributed by atoms with Crippen LogP contribution in [0.5, 0.6) is 0 Å². The summed E-state index contributed by atoms with van der Waals surface area (Å²) in [6, 6.07) is 125. The topological polar surface area (TPSA) is 64.5 Å². The van der Waals surface area contributed by atoms with Crippen LogP contribution in [0, 0.1) is 95.2 Å². The van der Waals surface area contributed by atoms with Gasteiger partial charge in [-0.15, -0.1) is 71.3 Å². The quantitative estimate of drug-likeness (QED) is 0.0320. The van der Waals surface area contributed by atoms with E-state index in [2.05, 4.69) is 428 Å². The van der Waals surface area contributed by atoms with Crippen LogP contribution < -0.4 is 0 Å².